The van der Waals surface area contributed by atoms with Gasteiger partial charge in [-0.1, -0.05) is 0 Å². The van der Waals surface area contributed by atoms with Crippen LogP contribution in [0.5, 0.6) is 0 Å². The molecule has 0 aromatic rings. The average Bonchev–Trinajstić information content (AvgIpc) is 2.84. The molecule has 2 heterocycles. The van der Waals surface area contributed by atoms with Crippen molar-refractivity contribution in [3.63, 3.8) is 0 Å². The summed E-state index contributed by atoms with van der Waals surface area (Å²) in [5.41, 5.74) is -0.284. The van der Waals surface area contributed by atoms with E-state index in [9.17, 15) is 4.79 Å². The molecular weight excluding hydrogens is 256 g/mol. The van der Waals surface area contributed by atoms with E-state index in [0.29, 0.717) is 6.61 Å². The van der Waals surface area contributed by atoms with Gasteiger partial charge in [0.2, 0.25) is 0 Å². The van der Waals surface area contributed by atoms with Crippen LogP contribution in [0.1, 0.15) is 47.5 Å². The second-order valence-corrected chi connectivity index (χ2v) is 6.91. The number of carbonyl (C=O) groups excluding carboxylic acids is 1. The quantitative estimate of drug-likeness (QED) is 0.741. The van der Waals surface area contributed by atoms with Crippen LogP contribution in [0.4, 0.5) is 4.79 Å². The highest BCUT2D eigenvalue weighted by Gasteiger charge is 2.43. The molecule has 0 saturated carbocycles. The fourth-order valence-corrected chi connectivity index (χ4v) is 2.55. The molecule has 2 saturated heterocycles. The predicted octanol–water partition coefficient (Wildman–Crippen LogP) is 2.93. The van der Waals surface area contributed by atoms with Gasteiger partial charge in [-0.15, -0.1) is 0 Å². The first-order valence-electron chi connectivity index (χ1n) is 7.31. The van der Waals surface area contributed by atoms with E-state index in [1.807, 2.05) is 40.8 Å². The molecule has 1 amide bonds. The lowest BCUT2D eigenvalue weighted by Gasteiger charge is -2.32. The van der Waals surface area contributed by atoms with E-state index in [4.69, 9.17) is 9.47 Å². The molecule has 2 rings (SSSR count). The van der Waals surface area contributed by atoms with Crippen molar-refractivity contribution in [2.75, 3.05) is 19.7 Å². The van der Waals surface area contributed by atoms with Gasteiger partial charge in [0.05, 0.1) is 12.3 Å². The van der Waals surface area contributed by atoms with Gasteiger partial charge < -0.3 is 14.4 Å². The highest BCUT2D eigenvalue weighted by Crippen LogP contribution is 2.32. The third-order valence-corrected chi connectivity index (χ3v) is 3.45. The van der Waals surface area contributed by atoms with Crippen molar-refractivity contribution in [1.82, 2.24) is 9.80 Å². The molecule has 0 N–H and O–H groups in total. The lowest BCUT2D eigenvalue weighted by molar-refractivity contribution is -0.0568. The molecule has 0 unspecified atom stereocenters. The van der Waals surface area contributed by atoms with Gasteiger partial charge in [-0.3, -0.25) is 0 Å². The number of amides is 1. The van der Waals surface area contributed by atoms with Crippen LogP contribution in [0, 0.1) is 0 Å². The zero-order chi connectivity index (χ0) is 15.0. The van der Waals surface area contributed by atoms with Crippen molar-refractivity contribution in [1.29, 1.82) is 0 Å². The lowest BCUT2D eigenvalue weighted by atomic mass is 10.2. The third-order valence-electron chi connectivity index (χ3n) is 3.45. The Bertz CT molecular complexity index is 404. The predicted molar refractivity (Wildman–Crippen MR) is 77.0 cm³/mol. The minimum atomic E-state index is -0.659. The maximum absolute atomic E-state index is 12.4. The van der Waals surface area contributed by atoms with E-state index in [0.717, 1.165) is 18.8 Å². The minimum Gasteiger partial charge on any atom is -0.443 e. The summed E-state index contributed by atoms with van der Waals surface area (Å²) < 4.78 is 11.2. The number of nitrogens with zero attached hydrogens (tertiary/aromatic N) is 2. The molecule has 0 radical (unpaired) electrons. The van der Waals surface area contributed by atoms with E-state index < -0.39 is 11.3 Å². The first-order valence-corrected chi connectivity index (χ1v) is 7.31. The molecule has 0 spiro atoms. The number of ether oxygens (including phenoxy) is 2. The molecule has 0 bridgehead atoms. The lowest BCUT2D eigenvalue weighted by Crippen LogP contribution is -2.45. The van der Waals surface area contributed by atoms with Crippen LogP contribution < -0.4 is 0 Å². The highest BCUT2D eigenvalue weighted by atomic mass is 16.6. The van der Waals surface area contributed by atoms with Crippen molar-refractivity contribution in [2.24, 2.45) is 0 Å². The average molecular weight is 282 g/mol. The van der Waals surface area contributed by atoms with Gasteiger partial charge in [-0.2, -0.15) is 0 Å². The molecule has 0 aliphatic carbocycles. The topological polar surface area (TPSA) is 42.0 Å². The Labute approximate surface area is 121 Å². The molecule has 0 atom stereocenters. The van der Waals surface area contributed by atoms with Gasteiger partial charge in [0.1, 0.15) is 11.3 Å². The fourth-order valence-electron chi connectivity index (χ4n) is 2.55. The van der Waals surface area contributed by atoms with Gasteiger partial charge in [0.15, 0.2) is 0 Å². The first kappa shape index (κ1) is 15.2. The normalized spacial score (nSPS) is 24.6. The molecular formula is C15H26N2O3. The standard InChI is InChI=1S/C15H26N2O3/c1-14(2,3)20-13(18)17-12(11-19-15(17,4)5)10-16-8-6-7-9-16/h10H,6-9,11H2,1-5H3/b12-10+. The summed E-state index contributed by atoms with van der Waals surface area (Å²) in [5.74, 6) is 0. The van der Waals surface area contributed by atoms with Crippen LogP contribution in [0.25, 0.3) is 0 Å². The van der Waals surface area contributed by atoms with Gasteiger partial charge >= 0.3 is 6.09 Å². The summed E-state index contributed by atoms with van der Waals surface area (Å²) >= 11 is 0. The van der Waals surface area contributed by atoms with Crippen molar-refractivity contribution in [3.8, 4) is 0 Å². The van der Waals surface area contributed by atoms with Crippen LogP contribution in [-0.2, 0) is 9.47 Å². The van der Waals surface area contributed by atoms with E-state index in [1.54, 1.807) is 4.90 Å². The molecule has 114 valence electrons. The Balaban J connectivity index is 2.17. The van der Waals surface area contributed by atoms with Crippen LogP contribution in [0.3, 0.4) is 0 Å². The maximum Gasteiger partial charge on any atom is 0.417 e. The minimum absolute atomic E-state index is 0.342. The van der Waals surface area contributed by atoms with E-state index >= 15 is 0 Å². The largest absolute Gasteiger partial charge is 0.443 e. The summed E-state index contributed by atoms with van der Waals surface area (Å²) in [6, 6.07) is 0. The molecule has 5 heteroatoms. The zero-order valence-corrected chi connectivity index (χ0v) is 13.2. The Morgan fingerprint density at radius 2 is 1.90 bits per heavy atom. The molecule has 2 aliphatic heterocycles. The summed E-state index contributed by atoms with van der Waals surface area (Å²) in [7, 11) is 0. The Kier molecular flexibility index (Phi) is 4.00. The Hall–Kier alpha value is -1.23. The first-order chi connectivity index (χ1) is 9.19. The van der Waals surface area contributed by atoms with Gasteiger partial charge in [-0.05, 0) is 47.5 Å². The highest BCUT2D eigenvalue weighted by molar-refractivity contribution is 5.71. The van der Waals surface area contributed by atoms with Crippen LogP contribution in [0.15, 0.2) is 11.9 Å². The number of rotatable bonds is 1. The van der Waals surface area contributed by atoms with Crippen LogP contribution >= 0.6 is 0 Å². The van der Waals surface area contributed by atoms with Crippen molar-refractivity contribution >= 4 is 6.09 Å². The number of hydrogen-bond acceptors (Lipinski definition) is 4. The van der Waals surface area contributed by atoms with Crippen molar-refractivity contribution in [3.05, 3.63) is 11.9 Å². The smallest absolute Gasteiger partial charge is 0.417 e. The summed E-state index contributed by atoms with van der Waals surface area (Å²) in [5, 5.41) is 0. The number of likely N-dealkylation sites (tertiary alicyclic amines) is 1. The zero-order valence-electron chi connectivity index (χ0n) is 13.2. The molecule has 5 nitrogen and oxygen atoms in total. The van der Waals surface area contributed by atoms with Gasteiger partial charge in [0.25, 0.3) is 0 Å². The monoisotopic (exact) mass is 282 g/mol. The molecule has 0 aromatic heterocycles. The van der Waals surface area contributed by atoms with Gasteiger partial charge in [0, 0.05) is 19.3 Å². The van der Waals surface area contributed by atoms with Crippen molar-refractivity contribution < 1.29 is 14.3 Å². The molecule has 20 heavy (non-hydrogen) atoms. The maximum atomic E-state index is 12.4. The molecule has 0 aromatic carbocycles. The Morgan fingerprint density at radius 3 is 2.45 bits per heavy atom. The summed E-state index contributed by atoms with van der Waals surface area (Å²) in [4.78, 5) is 16.3. The fraction of sp³-hybridized carbons (Fsp3) is 0.800. The Morgan fingerprint density at radius 1 is 1.30 bits per heavy atom. The second kappa shape index (κ2) is 5.28. The SMILES string of the molecule is CC(C)(C)OC(=O)N1/C(=C/N2CCCC2)COC1(C)C. The van der Waals surface area contributed by atoms with E-state index in [2.05, 4.69) is 4.90 Å². The van der Waals surface area contributed by atoms with Gasteiger partial charge in [-0.25, -0.2) is 9.69 Å². The number of hydrogen-bond donors (Lipinski definition) is 0. The van der Waals surface area contributed by atoms with E-state index in [1.165, 1.54) is 12.8 Å². The van der Waals surface area contributed by atoms with Crippen LogP contribution in [-0.4, -0.2) is 46.9 Å². The second-order valence-electron chi connectivity index (χ2n) is 6.91. The molecule has 2 aliphatic rings. The van der Waals surface area contributed by atoms with E-state index in [-0.39, 0.29) is 6.09 Å². The third kappa shape index (κ3) is 3.45. The summed E-state index contributed by atoms with van der Waals surface area (Å²) in [6.07, 6.45) is 4.12. The van der Waals surface area contributed by atoms with Crippen LogP contribution in [0.2, 0.25) is 0 Å². The number of carbonyl (C=O) groups is 1. The van der Waals surface area contributed by atoms with Crippen molar-refractivity contribution in [2.45, 2.75) is 58.8 Å². The summed E-state index contributed by atoms with van der Waals surface area (Å²) in [6.45, 7) is 11.9. The molecule has 2 fully saturated rings.